The molecule has 378 valence electrons. The number of benzene rings is 4. The van der Waals surface area contributed by atoms with Crippen LogP contribution in [0, 0.1) is 0 Å². The van der Waals surface area contributed by atoms with Crippen molar-refractivity contribution in [2.45, 2.75) is 29.4 Å². The molecule has 0 saturated heterocycles. The molecule has 0 radical (unpaired) electrons. The zero-order valence-electron chi connectivity index (χ0n) is 32.9. The normalized spacial score (nSPS) is 13.8. The Hall–Kier alpha value is -5.32. The van der Waals surface area contributed by atoms with Crippen LogP contribution in [0.4, 0.5) is 22.7 Å². The van der Waals surface area contributed by atoms with Crippen LogP contribution in [0.5, 0.6) is 5.75 Å². The average Bonchev–Trinajstić information content (AvgIpc) is 3.21. The molecule has 0 saturated carbocycles. The maximum Gasteiger partial charge on any atom is 0.397 e. The molecule has 0 aliphatic heterocycles. The molecule has 0 spiro atoms. The Kier molecular flexibility index (Phi) is 17.4. The molecule has 41 heteroatoms. The quantitative estimate of drug-likeness (QED) is 0.0109. The fourth-order valence-electron chi connectivity index (χ4n) is 4.94. The van der Waals surface area contributed by atoms with Crippen LogP contribution in [-0.2, 0) is 88.3 Å². The van der Waals surface area contributed by atoms with Gasteiger partial charge in [0.05, 0.1) is 50.8 Å². The third kappa shape index (κ3) is 14.8. The van der Waals surface area contributed by atoms with Gasteiger partial charge < -0.3 is 5.11 Å². The highest BCUT2D eigenvalue weighted by atomic mass is 32.3. The first-order chi connectivity index (χ1) is 31.6. The van der Waals surface area contributed by atoms with Crippen LogP contribution in [0.15, 0.2) is 114 Å². The summed E-state index contributed by atoms with van der Waals surface area (Å²) in [6.07, 6.45) is 0. The van der Waals surface area contributed by atoms with Gasteiger partial charge in [-0.2, -0.15) is 52.3 Å². The minimum Gasteiger partial charge on any atom is -0.504 e. The van der Waals surface area contributed by atoms with Crippen molar-refractivity contribution in [3.63, 3.8) is 0 Å². The van der Waals surface area contributed by atoms with E-state index in [-0.39, 0.29) is 18.4 Å². The molecule has 0 bridgehead atoms. The monoisotopic (exact) mass is 1130 g/mol. The number of rotatable bonds is 22. The van der Waals surface area contributed by atoms with Crippen molar-refractivity contribution in [1.82, 2.24) is 0 Å². The largest absolute Gasteiger partial charge is 0.504 e. The van der Waals surface area contributed by atoms with Gasteiger partial charge in [-0.25, -0.2) is 26.3 Å². The highest BCUT2D eigenvalue weighted by Crippen LogP contribution is 2.31. The fraction of sp³-hybridized carbons (Fsp3) is 0.143. The van der Waals surface area contributed by atoms with Crippen LogP contribution in [0.3, 0.4) is 0 Å². The molecule has 0 aliphatic rings. The summed E-state index contributed by atoms with van der Waals surface area (Å²) >= 11 is -0.00963. The second kappa shape index (κ2) is 21.4. The van der Waals surface area contributed by atoms with Gasteiger partial charge in [-0.05, 0) is 54.6 Å². The molecular formula is C28H26N6O27S8. The van der Waals surface area contributed by atoms with Gasteiger partial charge in [0.25, 0.3) is 40.5 Å². The standard InChI is InChI=1S/C28H26N6O27S8/c35-26-23(32-29-17-4-1-14(12-21(17)67(49,50)51)63(39,40)9-7-58-62-61-60-38)27(36)25(34-31-19-11-16(65(43,44)45)3-6-20(19)66(46,47)48)28(37)24(26)33-30-18-5-2-15(13-22(18)68(52,53)54)64(41,42)10-8-59-69(55,56)57/h1-6,11-13,30-31,35,38H,7-10H2,(H,43,44,45)(H,46,47,48)(H,49,50,51)(H,52,53,54)(H,55,56,57). The molecule has 0 fully saturated rings. The highest BCUT2D eigenvalue weighted by molar-refractivity contribution is 7.92. The first-order valence-corrected chi connectivity index (χ1v) is 28.0. The van der Waals surface area contributed by atoms with Crippen molar-refractivity contribution in [2.75, 3.05) is 35.6 Å². The highest BCUT2D eigenvalue weighted by Gasteiger charge is 2.26. The van der Waals surface area contributed by atoms with Crippen molar-refractivity contribution in [3.05, 3.63) is 85.8 Å². The molecule has 0 heterocycles. The Morgan fingerprint density at radius 2 is 1.07 bits per heavy atom. The van der Waals surface area contributed by atoms with Gasteiger partial charge in [0.2, 0.25) is 10.9 Å². The lowest BCUT2D eigenvalue weighted by atomic mass is 10.2. The number of hydrogen-bond donors (Lipinski definition) is 9. The minimum atomic E-state index is -5.52. The van der Waals surface area contributed by atoms with Crippen LogP contribution in [-0.4, -0.2) is 117 Å². The Bertz CT molecular complexity index is 3790. The Balaban J connectivity index is 2.00. The van der Waals surface area contributed by atoms with Gasteiger partial charge in [-0.15, -0.1) is 14.6 Å². The lowest BCUT2D eigenvalue weighted by Gasteiger charge is -2.10. The second-order valence-corrected chi connectivity index (χ2v) is 23.9. The number of nitrogens with zero attached hydrogens (tertiary/aromatic N) is 4. The number of nitrogens with one attached hydrogen (secondary N) is 2. The van der Waals surface area contributed by atoms with Crippen molar-refractivity contribution >= 4 is 106 Å². The van der Waals surface area contributed by atoms with Crippen molar-refractivity contribution < 1.29 is 110 Å². The number of sulfone groups is 2. The van der Waals surface area contributed by atoms with Crippen LogP contribution in [0.2, 0.25) is 0 Å². The molecule has 33 nitrogen and oxygen atoms in total. The lowest BCUT2D eigenvalue weighted by Crippen LogP contribution is -2.48. The van der Waals surface area contributed by atoms with Crippen molar-refractivity contribution in [1.29, 1.82) is 0 Å². The third-order valence-corrected chi connectivity index (χ3v) is 15.7. The van der Waals surface area contributed by atoms with Gasteiger partial charge in [0.15, 0.2) is 54.1 Å². The van der Waals surface area contributed by atoms with Crippen LogP contribution in [0.1, 0.15) is 0 Å². The number of hydrogen-bond acceptors (Lipinski definition) is 29. The molecule has 0 aromatic heterocycles. The summed E-state index contributed by atoms with van der Waals surface area (Å²) in [6, 6.07) is 4.28. The fourth-order valence-corrected chi connectivity index (χ4v) is 10.5. The third-order valence-electron chi connectivity index (χ3n) is 7.95. The van der Waals surface area contributed by atoms with E-state index in [1.165, 1.54) is 0 Å². The van der Waals surface area contributed by atoms with Gasteiger partial charge in [0, 0.05) is 0 Å². The maximum atomic E-state index is 13.7. The molecule has 0 atom stereocenters. The number of azo groups is 1. The molecule has 0 aliphatic carbocycles. The van der Waals surface area contributed by atoms with E-state index in [1.54, 1.807) is 5.43 Å². The van der Waals surface area contributed by atoms with Crippen LogP contribution in [0.25, 0.3) is 0 Å². The molecule has 4 aromatic rings. The summed E-state index contributed by atoms with van der Waals surface area (Å²) < 4.78 is 230. The van der Waals surface area contributed by atoms with E-state index in [1.807, 2.05) is 5.43 Å². The smallest absolute Gasteiger partial charge is 0.397 e. The molecule has 4 rings (SSSR count). The van der Waals surface area contributed by atoms with E-state index in [9.17, 15) is 91.8 Å². The zero-order chi connectivity index (χ0) is 52.1. The minimum absolute atomic E-state index is 0.00963. The molecule has 9 N–H and O–H groups in total. The number of phenols is 1. The van der Waals surface area contributed by atoms with E-state index in [0.717, 1.165) is 0 Å². The summed E-state index contributed by atoms with van der Waals surface area (Å²) in [5.41, 5.74) is -4.63. The topological polar surface area (TPSA) is 525 Å². The Morgan fingerprint density at radius 1 is 0.551 bits per heavy atom. The van der Waals surface area contributed by atoms with E-state index in [4.69, 9.17) is 9.81 Å². The zero-order valence-corrected chi connectivity index (χ0v) is 39.4. The van der Waals surface area contributed by atoms with E-state index in [0.29, 0.717) is 48.5 Å². The lowest BCUT2D eigenvalue weighted by molar-refractivity contribution is -0.434. The summed E-state index contributed by atoms with van der Waals surface area (Å²) in [4.78, 5) is 20.7. The number of phenolic OH excluding ortho intramolecular Hbond substituents is 1. The molecule has 4 aromatic carbocycles. The van der Waals surface area contributed by atoms with E-state index < -0.39 is 175 Å². The van der Waals surface area contributed by atoms with E-state index >= 15 is 0 Å². The predicted molar refractivity (Wildman–Crippen MR) is 224 cm³/mol. The molecule has 0 unspecified atom stereocenters. The predicted octanol–water partition coefficient (Wildman–Crippen LogP) is -1.39. The van der Waals surface area contributed by atoms with Crippen molar-refractivity contribution in [2.24, 2.45) is 20.4 Å². The van der Waals surface area contributed by atoms with Crippen molar-refractivity contribution in [3.8, 4) is 5.75 Å². The molecule has 0 amide bonds. The summed E-state index contributed by atoms with van der Waals surface area (Å²) in [5, 5.41) is 33.1. The number of anilines is 2. The number of aromatic hydroxyl groups is 1. The molecular weight excluding hydrogens is 1110 g/mol. The summed E-state index contributed by atoms with van der Waals surface area (Å²) in [7, 11) is -35.8. The van der Waals surface area contributed by atoms with Gasteiger partial charge >= 0.3 is 10.4 Å². The maximum absolute atomic E-state index is 13.7. The van der Waals surface area contributed by atoms with Gasteiger partial charge in [0.1, 0.15) is 20.4 Å². The summed E-state index contributed by atoms with van der Waals surface area (Å²) in [6.45, 7) is -1.86. The summed E-state index contributed by atoms with van der Waals surface area (Å²) in [5.74, 6) is -3.78. The Morgan fingerprint density at radius 3 is 1.62 bits per heavy atom. The second-order valence-electron chi connectivity index (χ2n) is 12.5. The van der Waals surface area contributed by atoms with E-state index in [2.05, 4.69) is 38.2 Å². The molecule has 69 heavy (non-hydrogen) atoms. The van der Waals surface area contributed by atoms with Crippen LogP contribution < -0.4 is 32.4 Å². The van der Waals surface area contributed by atoms with Gasteiger partial charge in [-0.3, -0.25) is 47.4 Å². The first-order valence-electron chi connectivity index (χ1n) is 16.9. The van der Waals surface area contributed by atoms with Crippen LogP contribution >= 0.6 is 12.3 Å². The SMILES string of the molecule is O=c1c(N=Nc2ccc(S(=O)(=O)CCOSOOO)cc2S(=O)(=O)O)c(O)c(=NNc2ccc(S(=O)(=O)CCOS(=O)(=O)O)cc2S(=O)(=O)O)c(=O)c1=NNc1cc(S(=O)(=O)O)ccc1S(=O)(=O)O. The first kappa shape index (κ1) is 56.3. The Labute approximate surface area is 390 Å². The average molecular weight is 1140 g/mol. The van der Waals surface area contributed by atoms with Gasteiger partial charge in [-0.1, -0.05) is 5.04 Å².